The third kappa shape index (κ3) is 1.99. The first-order valence-electron chi connectivity index (χ1n) is 5.68. The molecule has 7 nitrogen and oxygen atoms in total. The second kappa shape index (κ2) is 4.45. The number of aromatic nitrogens is 4. The van der Waals surface area contributed by atoms with Crippen molar-refractivity contribution < 1.29 is 9.42 Å². The van der Waals surface area contributed by atoms with Crippen LogP contribution in [0.15, 0.2) is 4.63 Å². The fourth-order valence-corrected chi connectivity index (χ4v) is 2.61. The first-order valence-corrected chi connectivity index (χ1v) is 6.49. The molecule has 0 saturated heterocycles. The Morgan fingerprint density at radius 1 is 1.39 bits per heavy atom. The lowest BCUT2D eigenvalue weighted by atomic mass is 9.86. The van der Waals surface area contributed by atoms with Crippen LogP contribution in [0.5, 0.6) is 0 Å². The van der Waals surface area contributed by atoms with E-state index in [-0.39, 0.29) is 11.6 Å². The topological polar surface area (TPSA) is 93.8 Å². The molecular formula is C10H11N5O2S. The van der Waals surface area contributed by atoms with Gasteiger partial charge in [0.05, 0.1) is 0 Å². The molecule has 0 unspecified atom stereocenters. The van der Waals surface area contributed by atoms with E-state index in [2.05, 4.69) is 30.5 Å². The summed E-state index contributed by atoms with van der Waals surface area (Å²) < 4.78 is 4.48. The molecule has 1 amide bonds. The van der Waals surface area contributed by atoms with E-state index in [4.69, 9.17) is 0 Å². The van der Waals surface area contributed by atoms with E-state index in [9.17, 15) is 4.79 Å². The molecule has 0 radical (unpaired) electrons. The third-order valence-electron chi connectivity index (χ3n) is 2.98. The van der Waals surface area contributed by atoms with Crippen molar-refractivity contribution in [3.05, 3.63) is 16.4 Å². The molecule has 1 aliphatic rings. The van der Waals surface area contributed by atoms with Gasteiger partial charge >= 0.3 is 0 Å². The minimum atomic E-state index is -0.370. The van der Waals surface area contributed by atoms with Gasteiger partial charge < -0.3 is 0 Å². The predicted octanol–water partition coefficient (Wildman–Crippen LogP) is 1.75. The summed E-state index contributed by atoms with van der Waals surface area (Å²) >= 11 is 1.42. The molecule has 0 aromatic carbocycles. The van der Waals surface area contributed by atoms with Crippen molar-refractivity contribution in [3.63, 3.8) is 0 Å². The Labute approximate surface area is 107 Å². The van der Waals surface area contributed by atoms with Gasteiger partial charge in [0, 0.05) is 5.92 Å². The van der Waals surface area contributed by atoms with Gasteiger partial charge in [0.2, 0.25) is 5.13 Å². The molecule has 8 heteroatoms. The SMILES string of the molecule is Cc1nonc1C(=O)Nc1nnc(C2CCC2)s1. The van der Waals surface area contributed by atoms with Crippen molar-refractivity contribution in [2.24, 2.45) is 0 Å². The van der Waals surface area contributed by atoms with Gasteiger partial charge in [0.25, 0.3) is 5.91 Å². The summed E-state index contributed by atoms with van der Waals surface area (Å²) in [6.45, 7) is 1.66. The van der Waals surface area contributed by atoms with Crippen molar-refractivity contribution in [3.8, 4) is 0 Å². The quantitative estimate of drug-likeness (QED) is 0.908. The minimum Gasteiger partial charge on any atom is -0.295 e. The number of aryl methyl sites for hydroxylation is 1. The molecule has 1 saturated carbocycles. The predicted molar refractivity (Wildman–Crippen MR) is 63.5 cm³/mol. The van der Waals surface area contributed by atoms with Gasteiger partial charge in [-0.3, -0.25) is 10.1 Å². The van der Waals surface area contributed by atoms with Gasteiger partial charge in [-0.05, 0) is 24.9 Å². The van der Waals surface area contributed by atoms with Crippen LogP contribution < -0.4 is 5.32 Å². The highest BCUT2D eigenvalue weighted by Gasteiger charge is 2.24. The maximum absolute atomic E-state index is 11.8. The summed E-state index contributed by atoms with van der Waals surface area (Å²) in [7, 11) is 0. The summed E-state index contributed by atoms with van der Waals surface area (Å²) in [5, 5.41) is 19.3. The van der Waals surface area contributed by atoms with Crippen LogP contribution in [0.3, 0.4) is 0 Å². The number of rotatable bonds is 3. The molecule has 2 heterocycles. The van der Waals surface area contributed by atoms with Crippen LogP contribution in [-0.4, -0.2) is 26.4 Å². The Morgan fingerprint density at radius 3 is 2.83 bits per heavy atom. The molecule has 94 valence electrons. The second-order valence-corrected chi connectivity index (χ2v) is 5.23. The van der Waals surface area contributed by atoms with Crippen LogP contribution in [0.25, 0.3) is 0 Å². The van der Waals surface area contributed by atoms with Crippen molar-refractivity contribution >= 4 is 22.4 Å². The molecule has 18 heavy (non-hydrogen) atoms. The van der Waals surface area contributed by atoms with Gasteiger partial charge in [-0.25, -0.2) is 4.63 Å². The second-order valence-electron chi connectivity index (χ2n) is 4.23. The van der Waals surface area contributed by atoms with Crippen LogP contribution in [0.4, 0.5) is 5.13 Å². The number of amides is 1. The van der Waals surface area contributed by atoms with Crippen molar-refractivity contribution in [2.45, 2.75) is 32.1 Å². The van der Waals surface area contributed by atoms with E-state index in [1.807, 2.05) is 0 Å². The number of hydrogen-bond acceptors (Lipinski definition) is 7. The van der Waals surface area contributed by atoms with E-state index in [1.54, 1.807) is 6.92 Å². The van der Waals surface area contributed by atoms with E-state index in [0.717, 1.165) is 17.8 Å². The number of nitrogens with zero attached hydrogens (tertiary/aromatic N) is 4. The summed E-state index contributed by atoms with van der Waals surface area (Å²) in [6, 6.07) is 0. The summed E-state index contributed by atoms with van der Waals surface area (Å²) in [5.41, 5.74) is 0.631. The Bertz CT molecular complexity index is 574. The zero-order valence-corrected chi connectivity index (χ0v) is 10.5. The summed E-state index contributed by atoms with van der Waals surface area (Å²) in [4.78, 5) is 11.8. The molecule has 0 bridgehead atoms. The van der Waals surface area contributed by atoms with Gasteiger partial charge in [-0.15, -0.1) is 10.2 Å². The average molecular weight is 265 g/mol. The monoisotopic (exact) mass is 265 g/mol. The highest BCUT2D eigenvalue weighted by molar-refractivity contribution is 7.15. The maximum atomic E-state index is 11.8. The summed E-state index contributed by atoms with van der Waals surface area (Å²) in [6.07, 6.45) is 3.57. The van der Waals surface area contributed by atoms with Gasteiger partial charge in [-0.1, -0.05) is 22.9 Å². The number of hydrogen-bond donors (Lipinski definition) is 1. The lowest BCUT2D eigenvalue weighted by Gasteiger charge is -2.21. The maximum Gasteiger partial charge on any atom is 0.281 e. The Kier molecular flexibility index (Phi) is 2.78. The van der Waals surface area contributed by atoms with Crippen molar-refractivity contribution in [2.75, 3.05) is 5.32 Å². The number of carbonyl (C=O) groups excluding carboxylic acids is 1. The van der Waals surface area contributed by atoms with Gasteiger partial charge in [0.1, 0.15) is 10.7 Å². The Hall–Kier alpha value is -1.83. The average Bonchev–Trinajstić information content (AvgIpc) is 2.85. The van der Waals surface area contributed by atoms with Crippen LogP contribution in [0, 0.1) is 6.92 Å². The molecule has 1 N–H and O–H groups in total. The van der Waals surface area contributed by atoms with Crippen molar-refractivity contribution in [1.82, 2.24) is 20.5 Å². The highest BCUT2D eigenvalue weighted by Crippen LogP contribution is 2.38. The molecule has 1 aliphatic carbocycles. The van der Waals surface area contributed by atoms with Crippen LogP contribution in [-0.2, 0) is 0 Å². The molecule has 1 fully saturated rings. The molecule has 0 atom stereocenters. The largest absolute Gasteiger partial charge is 0.295 e. The van der Waals surface area contributed by atoms with E-state index in [0.29, 0.717) is 16.7 Å². The molecule has 2 aromatic rings. The number of carbonyl (C=O) groups is 1. The molecular weight excluding hydrogens is 254 g/mol. The fourth-order valence-electron chi connectivity index (χ4n) is 1.70. The highest BCUT2D eigenvalue weighted by atomic mass is 32.1. The van der Waals surface area contributed by atoms with Crippen molar-refractivity contribution in [1.29, 1.82) is 0 Å². The Balaban J connectivity index is 1.70. The molecule has 3 rings (SSSR count). The minimum absolute atomic E-state index is 0.176. The van der Waals surface area contributed by atoms with Crippen LogP contribution in [0.1, 0.15) is 46.4 Å². The summed E-state index contributed by atoms with van der Waals surface area (Å²) in [5.74, 6) is 0.147. The normalized spacial score (nSPS) is 15.4. The number of nitrogens with one attached hydrogen (secondary N) is 1. The molecule has 2 aromatic heterocycles. The molecule has 0 aliphatic heterocycles. The zero-order valence-electron chi connectivity index (χ0n) is 9.71. The standard InChI is InChI=1S/C10H11N5O2S/c1-5-7(15-17-14-5)8(16)11-10-13-12-9(18-10)6-3-2-4-6/h6H,2-4H2,1H3,(H,11,13,16). The van der Waals surface area contributed by atoms with Crippen LogP contribution >= 0.6 is 11.3 Å². The van der Waals surface area contributed by atoms with Gasteiger partial charge in [0.15, 0.2) is 5.69 Å². The lowest BCUT2D eigenvalue weighted by Crippen LogP contribution is -2.13. The first kappa shape index (κ1) is 11.3. The first-order chi connectivity index (χ1) is 8.74. The number of anilines is 1. The smallest absolute Gasteiger partial charge is 0.281 e. The third-order valence-corrected chi connectivity index (χ3v) is 3.98. The van der Waals surface area contributed by atoms with E-state index < -0.39 is 0 Å². The Morgan fingerprint density at radius 2 is 2.22 bits per heavy atom. The zero-order chi connectivity index (χ0) is 12.5. The van der Waals surface area contributed by atoms with Crippen LogP contribution in [0.2, 0.25) is 0 Å². The lowest BCUT2D eigenvalue weighted by molar-refractivity contribution is 0.101. The van der Waals surface area contributed by atoms with Gasteiger partial charge in [-0.2, -0.15) is 0 Å². The fraction of sp³-hybridized carbons (Fsp3) is 0.500. The van der Waals surface area contributed by atoms with E-state index >= 15 is 0 Å². The van der Waals surface area contributed by atoms with E-state index in [1.165, 1.54) is 17.8 Å². The molecule has 0 spiro atoms.